The fourth-order valence-corrected chi connectivity index (χ4v) is 8.12. The molecule has 4 aromatic rings. The summed E-state index contributed by atoms with van der Waals surface area (Å²) >= 11 is 0. The molecule has 6 rings (SSSR count). The van der Waals surface area contributed by atoms with Crippen molar-refractivity contribution in [3.8, 4) is 0 Å². The normalized spacial score (nSPS) is 13.6. The first-order valence-corrected chi connectivity index (χ1v) is 19.4. The zero-order valence-electron chi connectivity index (χ0n) is 24.8. The van der Waals surface area contributed by atoms with Gasteiger partial charge in [0.25, 0.3) is 46.0 Å². The van der Waals surface area contributed by atoms with Gasteiger partial charge >= 0.3 is 0 Å². The Morgan fingerprint density at radius 3 is 1.82 bits per heavy atom. The van der Waals surface area contributed by atoms with Crippen LogP contribution in [0.15, 0.2) is 95.9 Å². The summed E-state index contributed by atoms with van der Waals surface area (Å²) in [5, 5.41) is 11.4. The molecule has 1 aliphatic heterocycles. The van der Waals surface area contributed by atoms with E-state index in [2.05, 4.69) is 10.3 Å². The maximum Gasteiger partial charge on any atom is 0.296 e. The Hall–Kier alpha value is -5.33. The minimum atomic E-state index is -5.40. The van der Waals surface area contributed by atoms with E-state index in [1.165, 1.54) is 24.3 Å². The fraction of sp³-hybridized carbons (Fsp3) is 0. The topological polar surface area (TPSA) is 323 Å². The number of hydrogen-bond acceptors (Lipinski definition) is 14. The summed E-state index contributed by atoms with van der Waals surface area (Å²) in [5.74, 6) is -0.957. The standard InChI is InChI=1S/C29H19N3O15S4/c30-16-9-20(50(42,43)44)17(10-19(16)49(39,40)41)31-18-11-21(51(45,46)47)26-24-22(14-6-1-2-7-15(14)28(34)23(18)24)25(29(35)32-26)27(33)12-4-3-5-13(8-12)48(36,37)38/h1-11,31,33H,30H2,(H,36,37,38)(H,39,40,41)(H,42,43,44)(H,45,46,47). The number of fused-ring (bicyclic) bond motifs is 2. The van der Waals surface area contributed by atoms with Crippen LogP contribution in [0.5, 0.6) is 0 Å². The molecule has 0 spiro atoms. The van der Waals surface area contributed by atoms with Crippen LogP contribution in [-0.4, -0.2) is 62.0 Å². The number of hydrogen-bond donors (Lipinski definition) is 7. The van der Waals surface area contributed by atoms with Crippen LogP contribution in [0.3, 0.4) is 0 Å². The van der Waals surface area contributed by atoms with Crippen LogP contribution in [0.4, 0.5) is 17.1 Å². The van der Waals surface area contributed by atoms with Gasteiger partial charge in [0, 0.05) is 21.4 Å². The molecule has 264 valence electrons. The highest BCUT2D eigenvalue weighted by atomic mass is 32.2. The first kappa shape index (κ1) is 35.5. The number of nitrogen functional groups attached to an aromatic ring is 1. The van der Waals surface area contributed by atoms with Gasteiger partial charge in [0.2, 0.25) is 0 Å². The number of nitrogens with one attached hydrogen (secondary N) is 1. The van der Waals surface area contributed by atoms with E-state index in [4.69, 9.17) is 5.73 Å². The van der Waals surface area contributed by atoms with E-state index in [0.29, 0.717) is 18.2 Å². The number of aromatic nitrogens is 1. The molecular formula is C29H19N3O15S4. The minimum Gasteiger partial charge on any atom is -0.506 e. The van der Waals surface area contributed by atoms with Crippen LogP contribution < -0.4 is 27.3 Å². The predicted molar refractivity (Wildman–Crippen MR) is 178 cm³/mol. The largest absolute Gasteiger partial charge is 0.506 e. The maximum absolute atomic E-state index is 14.2. The van der Waals surface area contributed by atoms with E-state index < -0.39 is 115 Å². The third-order valence-electron chi connectivity index (χ3n) is 7.72. The Morgan fingerprint density at radius 1 is 0.647 bits per heavy atom. The van der Waals surface area contributed by atoms with Crippen LogP contribution in [-0.2, 0) is 40.5 Å². The van der Waals surface area contributed by atoms with Gasteiger partial charge in [0.1, 0.15) is 20.4 Å². The van der Waals surface area contributed by atoms with Crippen molar-refractivity contribution in [3.63, 3.8) is 0 Å². The van der Waals surface area contributed by atoms with Gasteiger partial charge < -0.3 is 16.2 Å². The molecule has 0 amide bonds. The molecule has 22 heteroatoms. The molecule has 0 saturated carbocycles. The summed E-state index contributed by atoms with van der Waals surface area (Å²) in [6.07, 6.45) is 0. The van der Waals surface area contributed by atoms with Crippen molar-refractivity contribution in [3.05, 3.63) is 109 Å². The quantitative estimate of drug-likeness (QED) is 0.0878. The van der Waals surface area contributed by atoms with Crippen molar-refractivity contribution < 1.29 is 57.0 Å². The molecule has 8 N–H and O–H groups in total. The summed E-state index contributed by atoms with van der Waals surface area (Å²) in [4.78, 5) is 27.6. The van der Waals surface area contributed by atoms with Gasteiger partial charge in [-0.1, -0.05) is 36.4 Å². The Labute approximate surface area is 285 Å². The lowest BCUT2D eigenvalue weighted by Crippen LogP contribution is -2.33. The second kappa shape index (κ2) is 11.6. The van der Waals surface area contributed by atoms with Crippen LogP contribution in [0.25, 0.3) is 27.4 Å². The van der Waals surface area contributed by atoms with Crippen molar-refractivity contribution in [2.24, 2.45) is 0 Å². The molecule has 51 heavy (non-hydrogen) atoms. The number of nitrogens with two attached hydrogens (primary N) is 1. The Balaban J connectivity index is 1.92. The highest BCUT2D eigenvalue weighted by Gasteiger charge is 2.28. The van der Waals surface area contributed by atoms with Gasteiger partial charge in [-0.15, -0.1) is 0 Å². The van der Waals surface area contributed by atoms with Crippen LogP contribution in [0.1, 0.15) is 5.56 Å². The smallest absolute Gasteiger partial charge is 0.296 e. The van der Waals surface area contributed by atoms with Crippen molar-refractivity contribution in [2.45, 2.75) is 19.6 Å². The van der Waals surface area contributed by atoms with Gasteiger partial charge in [-0.3, -0.25) is 27.8 Å². The molecule has 2 aliphatic rings. The first-order valence-electron chi connectivity index (χ1n) is 13.6. The molecule has 0 fully saturated rings. The lowest BCUT2D eigenvalue weighted by molar-refractivity contribution is 0.479. The molecule has 0 saturated heterocycles. The third-order valence-corrected chi connectivity index (χ3v) is 11.2. The molecule has 1 aliphatic carbocycles. The van der Waals surface area contributed by atoms with E-state index in [9.17, 15) is 66.6 Å². The number of benzene rings is 4. The summed E-state index contributed by atoms with van der Waals surface area (Å²) < 4.78 is 137. The predicted octanol–water partition coefficient (Wildman–Crippen LogP) is 1.02. The molecular weight excluding hydrogens is 759 g/mol. The summed E-state index contributed by atoms with van der Waals surface area (Å²) in [6, 6.07) is 10.9. The van der Waals surface area contributed by atoms with Gasteiger partial charge in [-0.2, -0.15) is 33.7 Å². The van der Waals surface area contributed by atoms with E-state index >= 15 is 0 Å². The minimum absolute atomic E-state index is 0.0924. The molecule has 0 atom stereocenters. The van der Waals surface area contributed by atoms with Gasteiger partial charge in [-0.25, -0.2) is 4.98 Å². The Kier molecular flexibility index (Phi) is 8.08. The summed E-state index contributed by atoms with van der Waals surface area (Å²) in [6.45, 7) is 0. The maximum atomic E-state index is 14.2. The molecule has 18 nitrogen and oxygen atoms in total. The van der Waals surface area contributed by atoms with Crippen molar-refractivity contribution in [2.75, 3.05) is 11.1 Å². The lowest BCUT2D eigenvalue weighted by Gasteiger charge is -2.17. The summed E-state index contributed by atoms with van der Waals surface area (Å²) in [7, 11) is -20.7. The lowest BCUT2D eigenvalue weighted by atomic mass is 9.96. The first-order chi connectivity index (χ1) is 23.5. The number of aliphatic hydroxyl groups is 1. The highest BCUT2D eigenvalue weighted by molar-refractivity contribution is 7.87. The number of anilines is 3. The molecule has 1 heterocycles. The molecule has 0 radical (unpaired) electrons. The van der Waals surface area contributed by atoms with E-state index in [1.54, 1.807) is 0 Å². The zero-order chi connectivity index (χ0) is 37.6. The Morgan fingerprint density at radius 2 is 1.24 bits per heavy atom. The van der Waals surface area contributed by atoms with Gasteiger partial charge in [-0.05, 0) is 35.7 Å². The average molecular weight is 778 g/mol. The average Bonchev–Trinajstić information content (AvgIpc) is 3.02. The van der Waals surface area contributed by atoms with Crippen molar-refractivity contribution in [1.82, 2.24) is 4.98 Å². The molecule has 0 bridgehead atoms. The second-order valence-electron chi connectivity index (χ2n) is 10.9. The fourth-order valence-electron chi connectivity index (χ4n) is 5.65. The van der Waals surface area contributed by atoms with Crippen LogP contribution in [0, 0.1) is 10.4 Å². The van der Waals surface area contributed by atoms with Gasteiger partial charge in [0.05, 0.1) is 38.1 Å². The molecule has 4 aromatic carbocycles. The molecule has 0 unspecified atom stereocenters. The monoisotopic (exact) mass is 777 g/mol. The number of aliphatic hydroxyl groups excluding tert-OH is 1. The van der Waals surface area contributed by atoms with Crippen LogP contribution in [0.2, 0.25) is 0 Å². The SMILES string of the molecule is Nc1cc(S(=O)(=O)O)c(Nc2cc(S(=O)(=O)O)c3nc(=O)c(=C(O)c4cccc(S(=O)(=O)O)c4)c4c5ccccc5c(=O)c2c3=4)cc1S(=O)(=O)O. The van der Waals surface area contributed by atoms with Crippen molar-refractivity contribution in [1.29, 1.82) is 0 Å². The summed E-state index contributed by atoms with van der Waals surface area (Å²) in [5.41, 5.74) is -0.260. The highest BCUT2D eigenvalue weighted by Crippen LogP contribution is 2.36. The second-order valence-corrected chi connectivity index (χ2v) is 16.4. The number of nitrogens with zero attached hydrogens (tertiary/aromatic N) is 1. The van der Waals surface area contributed by atoms with E-state index in [0.717, 1.165) is 24.3 Å². The van der Waals surface area contributed by atoms with Crippen molar-refractivity contribution >= 4 is 85.0 Å². The van der Waals surface area contributed by atoms with Crippen LogP contribution >= 0.6 is 0 Å². The Bertz CT molecular complexity index is 3230. The molecule has 0 aromatic heterocycles. The van der Waals surface area contributed by atoms with E-state index in [1.807, 2.05) is 0 Å². The zero-order valence-corrected chi connectivity index (χ0v) is 28.1. The number of rotatable bonds is 7. The third kappa shape index (κ3) is 6.08. The van der Waals surface area contributed by atoms with E-state index in [-0.39, 0.29) is 21.6 Å². The van der Waals surface area contributed by atoms with Gasteiger partial charge in [0.15, 0.2) is 5.43 Å².